The Labute approximate surface area is 94.8 Å². The van der Waals surface area contributed by atoms with Crippen LogP contribution in [0.2, 0.25) is 0 Å². The maximum atomic E-state index is 12.2. The minimum absolute atomic E-state index is 0.0894. The molecule has 0 aliphatic heterocycles. The zero-order chi connectivity index (χ0) is 11.3. The highest BCUT2D eigenvalue weighted by atomic mass is 16.5. The van der Waals surface area contributed by atoms with Crippen LogP contribution in [0.4, 0.5) is 0 Å². The van der Waals surface area contributed by atoms with Crippen LogP contribution in [0, 0.1) is 11.8 Å². The van der Waals surface area contributed by atoms with E-state index in [9.17, 15) is 9.59 Å². The molecule has 0 heterocycles. The molecule has 4 aliphatic rings. The number of ether oxygens (including phenoxy) is 1. The monoisotopic (exact) mass is 220 g/mol. The first-order valence-corrected chi connectivity index (χ1v) is 6.06. The van der Waals surface area contributed by atoms with Crippen molar-refractivity contribution in [3.8, 4) is 0 Å². The fourth-order valence-corrected chi connectivity index (χ4v) is 3.56. The second-order valence-corrected chi connectivity index (χ2v) is 5.09. The summed E-state index contributed by atoms with van der Waals surface area (Å²) in [6, 6.07) is 0. The van der Waals surface area contributed by atoms with Gasteiger partial charge in [-0.05, 0) is 37.5 Å². The molecule has 16 heavy (non-hydrogen) atoms. The van der Waals surface area contributed by atoms with E-state index in [1.165, 1.54) is 7.11 Å². The van der Waals surface area contributed by atoms with E-state index >= 15 is 0 Å². The number of carbonyl (C=O) groups is 2. The van der Waals surface area contributed by atoms with Crippen LogP contribution in [0.3, 0.4) is 0 Å². The first-order chi connectivity index (χ1) is 7.72. The van der Waals surface area contributed by atoms with Gasteiger partial charge in [0.2, 0.25) is 0 Å². The molecule has 1 fully saturated rings. The molecule has 0 aromatic rings. The number of methoxy groups -OCH3 is 1. The maximum absolute atomic E-state index is 12.2. The van der Waals surface area contributed by atoms with Crippen molar-refractivity contribution in [2.24, 2.45) is 11.8 Å². The van der Waals surface area contributed by atoms with Gasteiger partial charge in [0.15, 0.2) is 11.6 Å². The standard InChI is InChI=1S/C13H16O3/c1-16-10-6-9(14)11-7-2-4-8(5-3-7)12(11)13(10)15/h7-8,10H,2-6H2,1H3. The maximum Gasteiger partial charge on any atom is 0.188 e. The molecule has 1 saturated carbocycles. The zero-order valence-corrected chi connectivity index (χ0v) is 9.49. The molecule has 0 spiro atoms. The molecule has 3 nitrogen and oxygen atoms in total. The van der Waals surface area contributed by atoms with Crippen molar-refractivity contribution in [3.05, 3.63) is 11.1 Å². The second-order valence-electron chi connectivity index (χ2n) is 5.09. The lowest BCUT2D eigenvalue weighted by molar-refractivity contribution is -0.133. The van der Waals surface area contributed by atoms with Gasteiger partial charge in [0.05, 0.1) is 0 Å². The Morgan fingerprint density at radius 2 is 1.56 bits per heavy atom. The summed E-state index contributed by atoms with van der Waals surface area (Å²) < 4.78 is 5.13. The van der Waals surface area contributed by atoms with E-state index in [-0.39, 0.29) is 18.0 Å². The lowest BCUT2D eigenvalue weighted by Crippen LogP contribution is -2.43. The average molecular weight is 220 g/mol. The highest BCUT2D eigenvalue weighted by Gasteiger charge is 2.45. The van der Waals surface area contributed by atoms with E-state index in [0.29, 0.717) is 11.8 Å². The molecule has 0 aromatic heterocycles. The SMILES string of the molecule is COC1CC(=O)C2=C(C1=O)C1CCC2CC1. The fourth-order valence-electron chi connectivity index (χ4n) is 3.56. The summed E-state index contributed by atoms with van der Waals surface area (Å²) >= 11 is 0. The number of ketones is 2. The molecule has 0 amide bonds. The van der Waals surface area contributed by atoms with Crippen LogP contribution in [0.5, 0.6) is 0 Å². The van der Waals surface area contributed by atoms with Crippen LogP contribution in [0.1, 0.15) is 32.1 Å². The van der Waals surface area contributed by atoms with Crippen LogP contribution >= 0.6 is 0 Å². The minimum atomic E-state index is -0.509. The van der Waals surface area contributed by atoms with Gasteiger partial charge < -0.3 is 4.74 Å². The Morgan fingerprint density at radius 1 is 1.00 bits per heavy atom. The third-order valence-electron chi connectivity index (χ3n) is 4.35. The smallest absolute Gasteiger partial charge is 0.188 e. The Morgan fingerprint density at radius 3 is 2.12 bits per heavy atom. The molecule has 86 valence electrons. The van der Waals surface area contributed by atoms with E-state index in [4.69, 9.17) is 4.74 Å². The van der Waals surface area contributed by atoms with Crippen molar-refractivity contribution in [3.63, 3.8) is 0 Å². The number of hydrogen-bond acceptors (Lipinski definition) is 3. The van der Waals surface area contributed by atoms with Crippen LogP contribution in [0.25, 0.3) is 0 Å². The lowest BCUT2D eigenvalue weighted by atomic mass is 9.62. The van der Waals surface area contributed by atoms with Gasteiger partial charge in [0, 0.05) is 24.7 Å². The van der Waals surface area contributed by atoms with Gasteiger partial charge in [-0.3, -0.25) is 9.59 Å². The van der Waals surface area contributed by atoms with E-state index in [1.54, 1.807) is 0 Å². The molecular formula is C13H16O3. The molecule has 0 saturated heterocycles. The third kappa shape index (κ3) is 1.24. The summed E-state index contributed by atoms with van der Waals surface area (Å²) in [4.78, 5) is 24.2. The van der Waals surface area contributed by atoms with E-state index < -0.39 is 6.10 Å². The summed E-state index contributed by atoms with van der Waals surface area (Å²) in [5, 5.41) is 0. The van der Waals surface area contributed by atoms with Gasteiger partial charge >= 0.3 is 0 Å². The Balaban J connectivity index is 2.08. The van der Waals surface area contributed by atoms with Crippen molar-refractivity contribution in [1.82, 2.24) is 0 Å². The molecule has 1 unspecified atom stereocenters. The first kappa shape index (κ1) is 10.2. The molecule has 0 radical (unpaired) electrons. The third-order valence-corrected chi connectivity index (χ3v) is 4.35. The van der Waals surface area contributed by atoms with Crippen LogP contribution in [0.15, 0.2) is 11.1 Å². The van der Waals surface area contributed by atoms with E-state index in [0.717, 1.165) is 36.8 Å². The highest BCUT2D eigenvalue weighted by molar-refractivity contribution is 6.14. The predicted octanol–water partition coefficient (Wildman–Crippen LogP) is 1.66. The summed E-state index contributed by atoms with van der Waals surface area (Å²) in [6.45, 7) is 0. The van der Waals surface area contributed by atoms with Gasteiger partial charge in [0.1, 0.15) is 6.10 Å². The molecule has 3 heteroatoms. The lowest BCUT2D eigenvalue weighted by Gasteiger charge is -2.42. The Hall–Kier alpha value is -0.960. The van der Waals surface area contributed by atoms with Crippen LogP contribution < -0.4 is 0 Å². The van der Waals surface area contributed by atoms with Crippen molar-refractivity contribution < 1.29 is 14.3 Å². The first-order valence-electron chi connectivity index (χ1n) is 6.06. The molecule has 1 atom stereocenters. The molecule has 4 rings (SSSR count). The molecule has 2 bridgehead atoms. The number of carbonyl (C=O) groups excluding carboxylic acids is 2. The van der Waals surface area contributed by atoms with Crippen molar-refractivity contribution in [1.29, 1.82) is 0 Å². The summed E-state index contributed by atoms with van der Waals surface area (Å²) in [6.07, 6.45) is 4.11. The second kappa shape index (κ2) is 3.52. The number of hydrogen-bond donors (Lipinski definition) is 0. The van der Waals surface area contributed by atoms with Gasteiger partial charge in [-0.1, -0.05) is 0 Å². The van der Waals surface area contributed by atoms with E-state index in [1.807, 2.05) is 0 Å². The zero-order valence-electron chi connectivity index (χ0n) is 9.49. The molecule has 0 N–H and O–H groups in total. The average Bonchev–Trinajstić information content (AvgIpc) is 2.34. The summed E-state index contributed by atoms with van der Waals surface area (Å²) in [5.41, 5.74) is 1.71. The molecule has 0 aromatic carbocycles. The predicted molar refractivity (Wildman–Crippen MR) is 57.9 cm³/mol. The number of fused-ring (bicyclic) bond motifs is 2. The number of allylic oxidation sites excluding steroid dienone is 1. The van der Waals surface area contributed by atoms with Gasteiger partial charge in [0.25, 0.3) is 0 Å². The fraction of sp³-hybridized carbons (Fsp3) is 0.692. The van der Waals surface area contributed by atoms with Gasteiger partial charge in [-0.15, -0.1) is 0 Å². The topological polar surface area (TPSA) is 43.4 Å². The van der Waals surface area contributed by atoms with Crippen molar-refractivity contribution >= 4 is 11.6 Å². The van der Waals surface area contributed by atoms with Gasteiger partial charge in [-0.25, -0.2) is 0 Å². The normalized spacial score (nSPS) is 37.9. The number of Topliss-reactive ketones (excluding diaryl/α,β-unsaturated/α-hetero) is 2. The van der Waals surface area contributed by atoms with E-state index in [2.05, 4.69) is 0 Å². The number of rotatable bonds is 1. The van der Waals surface area contributed by atoms with Crippen LogP contribution in [-0.2, 0) is 14.3 Å². The summed E-state index contributed by atoms with van der Waals surface area (Å²) in [7, 11) is 1.52. The highest BCUT2D eigenvalue weighted by Crippen LogP contribution is 2.48. The molecule has 4 aliphatic carbocycles. The quantitative estimate of drug-likeness (QED) is 0.675. The van der Waals surface area contributed by atoms with Crippen LogP contribution in [-0.4, -0.2) is 24.8 Å². The minimum Gasteiger partial charge on any atom is -0.373 e. The van der Waals surface area contributed by atoms with Gasteiger partial charge in [-0.2, -0.15) is 0 Å². The summed E-state index contributed by atoms with van der Waals surface area (Å²) in [5.74, 6) is 0.964. The molecular weight excluding hydrogens is 204 g/mol. The van der Waals surface area contributed by atoms with Crippen molar-refractivity contribution in [2.45, 2.75) is 38.2 Å². The largest absolute Gasteiger partial charge is 0.373 e. The van der Waals surface area contributed by atoms with Crippen molar-refractivity contribution in [2.75, 3.05) is 7.11 Å². The Kier molecular flexibility index (Phi) is 2.25. The Bertz CT molecular complexity index is 386.